The van der Waals surface area contributed by atoms with Crippen LogP contribution >= 0.6 is 0 Å². The molecule has 5 heteroatoms. The second-order valence-corrected chi connectivity index (χ2v) is 4.33. The first-order valence-electron chi connectivity index (χ1n) is 5.58. The minimum atomic E-state index is 0.688. The number of hydrogen-bond donors (Lipinski definition) is 2. The Balaban J connectivity index is 2.19. The smallest absolute Gasteiger partial charge is 0.183 e. The van der Waals surface area contributed by atoms with Crippen molar-refractivity contribution in [3.8, 4) is 0 Å². The molecule has 0 aliphatic rings. The molecule has 2 rings (SSSR count). The summed E-state index contributed by atoms with van der Waals surface area (Å²) in [6, 6.07) is 0. The van der Waals surface area contributed by atoms with Crippen molar-refractivity contribution in [2.75, 3.05) is 11.9 Å². The largest absolute Gasteiger partial charge is 0.368 e. The van der Waals surface area contributed by atoms with Gasteiger partial charge in [-0.3, -0.25) is 0 Å². The number of rotatable bonds is 4. The Hall–Kier alpha value is -1.65. The average Bonchev–Trinajstić information content (AvgIpc) is 2.64. The number of H-pyrrole nitrogens is 1. The van der Waals surface area contributed by atoms with E-state index in [4.69, 9.17) is 0 Å². The van der Waals surface area contributed by atoms with E-state index in [0.29, 0.717) is 5.92 Å². The van der Waals surface area contributed by atoms with E-state index in [1.165, 1.54) is 0 Å². The standard InChI is InChI=1S/C11H17N5/c1-7(2)4-5-12-10-9-11(14-6-13-9)16-8(3)15-10/h6-7H,4-5H2,1-3H3,(H2,12,13,14,15,16). The summed E-state index contributed by atoms with van der Waals surface area (Å²) < 4.78 is 0. The van der Waals surface area contributed by atoms with Crippen LogP contribution in [-0.2, 0) is 0 Å². The van der Waals surface area contributed by atoms with Crippen LogP contribution in [0.1, 0.15) is 26.1 Å². The zero-order valence-corrected chi connectivity index (χ0v) is 9.91. The minimum absolute atomic E-state index is 0.688. The maximum absolute atomic E-state index is 4.38. The molecule has 0 fully saturated rings. The van der Waals surface area contributed by atoms with E-state index in [9.17, 15) is 0 Å². The van der Waals surface area contributed by atoms with E-state index < -0.39 is 0 Å². The van der Waals surface area contributed by atoms with Gasteiger partial charge in [-0.25, -0.2) is 15.0 Å². The first-order chi connectivity index (χ1) is 7.66. The van der Waals surface area contributed by atoms with Crippen LogP contribution in [0, 0.1) is 12.8 Å². The Morgan fingerprint density at radius 1 is 1.38 bits per heavy atom. The molecule has 2 heterocycles. The van der Waals surface area contributed by atoms with Crippen molar-refractivity contribution in [3.63, 3.8) is 0 Å². The van der Waals surface area contributed by atoms with Crippen LogP contribution in [-0.4, -0.2) is 26.5 Å². The summed E-state index contributed by atoms with van der Waals surface area (Å²) >= 11 is 0. The van der Waals surface area contributed by atoms with Gasteiger partial charge in [-0.2, -0.15) is 0 Å². The fourth-order valence-corrected chi connectivity index (χ4v) is 1.55. The fourth-order valence-electron chi connectivity index (χ4n) is 1.55. The SMILES string of the molecule is Cc1nc(NCCC(C)C)c2[nH]cnc2n1. The van der Waals surface area contributed by atoms with Gasteiger partial charge in [0.1, 0.15) is 11.3 Å². The van der Waals surface area contributed by atoms with Crippen molar-refractivity contribution < 1.29 is 0 Å². The summed E-state index contributed by atoms with van der Waals surface area (Å²) in [5.41, 5.74) is 1.61. The summed E-state index contributed by atoms with van der Waals surface area (Å²) in [4.78, 5) is 15.8. The van der Waals surface area contributed by atoms with Gasteiger partial charge in [-0.15, -0.1) is 0 Å². The molecule has 2 aromatic heterocycles. The van der Waals surface area contributed by atoms with Gasteiger partial charge in [0.2, 0.25) is 0 Å². The second-order valence-electron chi connectivity index (χ2n) is 4.33. The Morgan fingerprint density at radius 2 is 2.19 bits per heavy atom. The maximum Gasteiger partial charge on any atom is 0.183 e. The molecular formula is C11H17N5. The maximum atomic E-state index is 4.38. The molecule has 0 aromatic carbocycles. The predicted molar refractivity (Wildman–Crippen MR) is 64.4 cm³/mol. The van der Waals surface area contributed by atoms with Gasteiger partial charge in [-0.05, 0) is 19.3 Å². The summed E-state index contributed by atoms with van der Waals surface area (Å²) in [7, 11) is 0. The monoisotopic (exact) mass is 219 g/mol. The number of nitrogens with zero attached hydrogens (tertiary/aromatic N) is 3. The molecule has 0 bridgehead atoms. The fraction of sp³-hybridized carbons (Fsp3) is 0.545. The number of aromatic nitrogens is 4. The van der Waals surface area contributed by atoms with Gasteiger partial charge >= 0.3 is 0 Å². The Kier molecular flexibility index (Phi) is 3.03. The van der Waals surface area contributed by atoms with Crippen molar-refractivity contribution >= 4 is 17.0 Å². The summed E-state index contributed by atoms with van der Waals surface area (Å²) in [5, 5.41) is 3.32. The number of nitrogens with one attached hydrogen (secondary N) is 2. The lowest BCUT2D eigenvalue weighted by Gasteiger charge is -2.08. The molecule has 16 heavy (non-hydrogen) atoms. The van der Waals surface area contributed by atoms with Crippen LogP contribution in [0.4, 0.5) is 5.82 Å². The Morgan fingerprint density at radius 3 is 2.94 bits per heavy atom. The van der Waals surface area contributed by atoms with Crippen molar-refractivity contribution in [3.05, 3.63) is 12.2 Å². The summed E-state index contributed by atoms with van der Waals surface area (Å²) in [6.07, 6.45) is 2.77. The normalized spacial score (nSPS) is 11.2. The number of hydrogen-bond acceptors (Lipinski definition) is 4. The van der Waals surface area contributed by atoms with Crippen LogP contribution < -0.4 is 5.32 Å². The molecule has 86 valence electrons. The molecule has 2 aromatic rings. The summed E-state index contributed by atoms with van der Waals surface area (Å²) in [5.74, 6) is 2.28. The third-order valence-corrected chi connectivity index (χ3v) is 2.41. The molecule has 2 N–H and O–H groups in total. The van der Waals surface area contributed by atoms with Crippen LogP contribution in [0.25, 0.3) is 11.2 Å². The zero-order chi connectivity index (χ0) is 11.5. The first kappa shape index (κ1) is 10.9. The van der Waals surface area contributed by atoms with E-state index in [1.54, 1.807) is 6.33 Å². The minimum Gasteiger partial charge on any atom is -0.368 e. The van der Waals surface area contributed by atoms with E-state index in [1.807, 2.05) is 6.92 Å². The molecule has 5 nitrogen and oxygen atoms in total. The lowest BCUT2D eigenvalue weighted by molar-refractivity contribution is 0.606. The molecule has 0 aliphatic carbocycles. The van der Waals surface area contributed by atoms with E-state index >= 15 is 0 Å². The Labute approximate surface area is 94.7 Å². The van der Waals surface area contributed by atoms with Crippen LogP contribution in [0.5, 0.6) is 0 Å². The Bertz CT molecular complexity index is 474. The van der Waals surface area contributed by atoms with Gasteiger partial charge in [-0.1, -0.05) is 13.8 Å². The molecular weight excluding hydrogens is 202 g/mol. The highest BCUT2D eigenvalue weighted by Crippen LogP contribution is 2.16. The topological polar surface area (TPSA) is 66.5 Å². The third-order valence-electron chi connectivity index (χ3n) is 2.41. The lowest BCUT2D eigenvalue weighted by atomic mass is 10.1. The lowest BCUT2D eigenvalue weighted by Crippen LogP contribution is -2.07. The van der Waals surface area contributed by atoms with E-state index in [0.717, 1.165) is 35.8 Å². The average molecular weight is 219 g/mol. The molecule has 0 radical (unpaired) electrons. The highest BCUT2D eigenvalue weighted by molar-refractivity contribution is 5.82. The molecule has 0 aliphatic heterocycles. The van der Waals surface area contributed by atoms with Gasteiger partial charge in [0.25, 0.3) is 0 Å². The van der Waals surface area contributed by atoms with Crippen molar-refractivity contribution in [2.24, 2.45) is 5.92 Å². The third kappa shape index (κ3) is 2.29. The van der Waals surface area contributed by atoms with E-state index in [2.05, 4.69) is 39.1 Å². The van der Waals surface area contributed by atoms with Gasteiger partial charge < -0.3 is 10.3 Å². The summed E-state index contributed by atoms with van der Waals surface area (Å²) in [6.45, 7) is 7.21. The molecule has 0 unspecified atom stereocenters. The van der Waals surface area contributed by atoms with Crippen molar-refractivity contribution in [2.45, 2.75) is 27.2 Å². The van der Waals surface area contributed by atoms with Crippen LogP contribution in [0.2, 0.25) is 0 Å². The predicted octanol–water partition coefficient (Wildman–Crippen LogP) is 2.12. The molecule has 0 amide bonds. The van der Waals surface area contributed by atoms with Gasteiger partial charge in [0.15, 0.2) is 11.5 Å². The number of anilines is 1. The molecule has 0 saturated carbocycles. The first-order valence-corrected chi connectivity index (χ1v) is 5.58. The number of fused-ring (bicyclic) bond motifs is 1. The second kappa shape index (κ2) is 4.47. The molecule has 0 atom stereocenters. The highest BCUT2D eigenvalue weighted by atomic mass is 15.1. The quantitative estimate of drug-likeness (QED) is 0.826. The van der Waals surface area contributed by atoms with Gasteiger partial charge in [0.05, 0.1) is 6.33 Å². The van der Waals surface area contributed by atoms with Crippen molar-refractivity contribution in [1.82, 2.24) is 19.9 Å². The van der Waals surface area contributed by atoms with E-state index in [-0.39, 0.29) is 0 Å². The number of aromatic amines is 1. The molecule has 0 saturated heterocycles. The van der Waals surface area contributed by atoms with Crippen LogP contribution in [0.3, 0.4) is 0 Å². The van der Waals surface area contributed by atoms with Crippen molar-refractivity contribution in [1.29, 1.82) is 0 Å². The van der Waals surface area contributed by atoms with Gasteiger partial charge in [0, 0.05) is 6.54 Å². The van der Waals surface area contributed by atoms with Crippen LogP contribution in [0.15, 0.2) is 6.33 Å². The molecule has 0 spiro atoms. The number of aryl methyl sites for hydroxylation is 1. The number of imidazole rings is 1. The highest BCUT2D eigenvalue weighted by Gasteiger charge is 2.07. The zero-order valence-electron chi connectivity index (χ0n) is 9.91.